The summed E-state index contributed by atoms with van der Waals surface area (Å²) in [5.41, 5.74) is 0. The summed E-state index contributed by atoms with van der Waals surface area (Å²) >= 11 is 0. The Morgan fingerprint density at radius 2 is 1.73 bits per heavy atom. The average molecular weight is 209 g/mol. The highest BCUT2D eigenvalue weighted by atomic mass is 16.5. The van der Waals surface area contributed by atoms with Gasteiger partial charge in [0.05, 0.1) is 7.11 Å². The van der Waals surface area contributed by atoms with Crippen molar-refractivity contribution in [3.05, 3.63) is 24.3 Å². The Hall–Kier alpha value is -1.22. The van der Waals surface area contributed by atoms with Gasteiger partial charge in [-0.2, -0.15) is 0 Å². The molecular formula is C12H19NO2. The number of para-hydroxylation sites is 2. The Morgan fingerprint density at radius 1 is 1.13 bits per heavy atom. The van der Waals surface area contributed by atoms with E-state index in [-0.39, 0.29) is 6.10 Å². The Bertz CT molecular complexity index is 301. The maximum absolute atomic E-state index is 5.80. The van der Waals surface area contributed by atoms with Gasteiger partial charge in [0.15, 0.2) is 11.5 Å². The van der Waals surface area contributed by atoms with E-state index in [4.69, 9.17) is 9.47 Å². The molecule has 2 atom stereocenters. The van der Waals surface area contributed by atoms with Gasteiger partial charge in [0.1, 0.15) is 6.10 Å². The van der Waals surface area contributed by atoms with Crippen LogP contribution in [0.1, 0.15) is 13.8 Å². The maximum atomic E-state index is 5.80. The lowest BCUT2D eigenvalue weighted by Crippen LogP contribution is -2.36. The molecule has 0 aromatic heterocycles. The monoisotopic (exact) mass is 209 g/mol. The highest BCUT2D eigenvalue weighted by Crippen LogP contribution is 2.27. The van der Waals surface area contributed by atoms with Crippen LogP contribution in [0.2, 0.25) is 0 Å². The van der Waals surface area contributed by atoms with Gasteiger partial charge in [-0.3, -0.25) is 0 Å². The van der Waals surface area contributed by atoms with E-state index < -0.39 is 0 Å². The van der Waals surface area contributed by atoms with Crippen molar-refractivity contribution in [1.29, 1.82) is 0 Å². The van der Waals surface area contributed by atoms with Crippen molar-refractivity contribution in [2.24, 2.45) is 0 Å². The highest BCUT2D eigenvalue weighted by Gasteiger charge is 2.13. The maximum Gasteiger partial charge on any atom is 0.161 e. The van der Waals surface area contributed by atoms with Gasteiger partial charge in [-0.05, 0) is 33.0 Å². The molecule has 0 fully saturated rings. The third kappa shape index (κ3) is 3.13. The molecule has 3 nitrogen and oxygen atoms in total. The molecule has 0 aliphatic rings. The summed E-state index contributed by atoms with van der Waals surface area (Å²) in [5, 5.41) is 3.16. The number of methoxy groups -OCH3 is 1. The van der Waals surface area contributed by atoms with Crippen molar-refractivity contribution in [2.45, 2.75) is 26.0 Å². The molecule has 0 amide bonds. The zero-order chi connectivity index (χ0) is 11.3. The van der Waals surface area contributed by atoms with E-state index in [1.54, 1.807) is 7.11 Å². The largest absolute Gasteiger partial charge is 0.493 e. The molecule has 0 spiro atoms. The van der Waals surface area contributed by atoms with Gasteiger partial charge in [0, 0.05) is 6.04 Å². The molecule has 0 aliphatic heterocycles. The molecular weight excluding hydrogens is 190 g/mol. The molecule has 2 unspecified atom stereocenters. The van der Waals surface area contributed by atoms with E-state index in [0.29, 0.717) is 6.04 Å². The summed E-state index contributed by atoms with van der Waals surface area (Å²) in [6.45, 7) is 4.12. The van der Waals surface area contributed by atoms with E-state index in [0.717, 1.165) is 11.5 Å². The average Bonchev–Trinajstić information content (AvgIpc) is 2.28. The van der Waals surface area contributed by atoms with Gasteiger partial charge in [0.2, 0.25) is 0 Å². The normalized spacial score (nSPS) is 14.4. The Balaban J connectivity index is 2.71. The predicted octanol–water partition coefficient (Wildman–Crippen LogP) is 2.07. The zero-order valence-electron chi connectivity index (χ0n) is 9.78. The van der Waals surface area contributed by atoms with Crippen LogP contribution in [0.5, 0.6) is 11.5 Å². The second kappa shape index (κ2) is 5.61. The topological polar surface area (TPSA) is 30.5 Å². The standard InChI is InChI=1S/C12H19NO2/c1-9(13-3)10(2)15-12-8-6-5-7-11(12)14-4/h5-10,13H,1-4H3. The minimum Gasteiger partial charge on any atom is -0.493 e. The molecule has 1 rings (SSSR count). The molecule has 1 aromatic carbocycles. The highest BCUT2D eigenvalue weighted by molar-refractivity contribution is 5.39. The Labute approximate surface area is 91.4 Å². The molecule has 0 heterocycles. The first-order chi connectivity index (χ1) is 7.19. The fraction of sp³-hybridized carbons (Fsp3) is 0.500. The first-order valence-electron chi connectivity index (χ1n) is 5.16. The zero-order valence-corrected chi connectivity index (χ0v) is 9.78. The van der Waals surface area contributed by atoms with Crippen LogP contribution in [0.3, 0.4) is 0 Å². The molecule has 0 radical (unpaired) electrons. The lowest BCUT2D eigenvalue weighted by molar-refractivity contribution is 0.175. The Kier molecular flexibility index (Phi) is 4.43. The van der Waals surface area contributed by atoms with E-state index in [1.165, 1.54) is 0 Å². The number of likely N-dealkylation sites (N-methyl/N-ethyl adjacent to an activating group) is 1. The quantitative estimate of drug-likeness (QED) is 0.805. The number of hydrogen-bond donors (Lipinski definition) is 1. The molecule has 84 valence electrons. The molecule has 0 saturated carbocycles. The van der Waals surface area contributed by atoms with Crippen LogP contribution < -0.4 is 14.8 Å². The number of rotatable bonds is 5. The second-order valence-corrected chi connectivity index (χ2v) is 3.55. The molecule has 0 aliphatic carbocycles. The van der Waals surface area contributed by atoms with Gasteiger partial charge in [-0.1, -0.05) is 12.1 Å². The van der Waals surface area contributed by atoms with Crippen molar-refractivity contribution >= 4 is 0 Å². The van der Waals surface area contributed by atoms with Crippen LogP contribution in [-0.2, 0) is 0 Å². The van der Waals surface area contributed by atoms with Crippen molar-refractivity contribution in [3.63, 3.8) is 0 Å². The van der Waals surface area contributed by atoms with Crippen molar-refractivity contribution < 1.29 is 9.47 Å². The summed E-state index contributed by atoms with van der Waals surface area (Å²) in [6, 6.07) is 7.98. The number of hydrogen-bond acceptors (Lipinski definition) is 3. The lowest BCUT2D eigenvalue weighted by atomic mass is 10.2. The lowest BCUT2D eigenvalue weighted by Gasteiger charge is -2.22. The van der Waals surface area contributed by atoms with E-state index in [2.05, 4.69) is 12.2 Å². The first kappa shape index (κ1) is 11.9. The summed E-state index contributed by atoms with van der Waals surface area (Å²) in [7, 11) is 3.57. The first-order valence-corrected chi connectivity index (χ1v) is 5.16. The second-order valence-electron chi connectivity index (χ2n) is 3.55. The number of ether oxygens (including phenoxy) is 2. The van der Waals surface area contributed by atoms with Crippen molar-refractivity contribution in [3.8, 4) is 11.5 Å². The van der Waals surface area contributed by atoms with Crippen molar-refractivity contribution in [1.82, 2.24) is 5.32 Å². The fourth-order valence-corrected chi connectivity index (χ4v) is 1.25. The third-order valence-corrected chi connectivity index (χ3v) is 2.54. The molecule has 0 saturated heterocycles. The van der Waals surface area contributed by atoms with Crippen molar-refractivity contribution in [2.75, 3.05) is 14.2 Å². The summed E-state index contributed by atoms with van der Waals surface area (Å²) in [6.07, 6.45) is 0.103. The van der Waals surface area contributed by atoms with Crippen LogP contribution in [0.25, 0.3) is 0 Å². The van der Waals surface area contributed by atoms with Gasteiger partial charge in [0.25, 0.3) is 0 Å². The molecule has 1 aromatic rings. The molecule has 15 heavy (non-hydrogen) atoms. The van der Waals surface area contributed by atoms with E-state index in [9.17, 15) is 0 Å². The predicted molar refractivity (Wildman–Crippen MR) is 61.6 cm³/mol. The van der Waals surface area contributed by atoms with Gasteiger partial charge < -0.3 is 14.8 Å². The Morgan fingerprint density at radius 3 is 2.27 bits per heavy atom. The van der Waals surface area contributed by atoms with Gasteiger partial charge in [-0.25, -0.2) is 0 Å². The minimum absolute atomic E-state index is 0.103. The molecule has 1 N–H and O–H groups in total. The number of benzene rings is 1. The smallest absolute Gasteiger partial charge is 0.161 e. The van der Waals surface area contributed by atoms with Crippen LogP contribution in [-0.4, -0.2) is 26.3 Å². The van der Waals surface area contributed by atoms with Crippen LogP contribution in [0.4, 0.5) is 0 Å². The summed E-state index contributed by atoms with van der Waals surface area (Å²) in [4.78, 5) is 0. The van der Waals surface area contributed by atoms with E-state index >= 15 is 0 Å². The molecule has 0 bridgehead atoms. The fourth-order valence-electron chi connectivity index (χ4n) is 1.25. The summed E-state index contributed by atoms with van der Waals surface area (Å²) < 4.78 is 11.0. The minimum atomic E-state index is 0.103. The van der Waals surface area contributed by atoms with E-state index in [1.807, 2.05) is 38.2 Å². The number of nitrogens with one attached hydrogen (secondary N) is 1. The van der Waals surface area contributed by atoms with Gasteiger partial charge >= 0.3 is 0 Å². The van der Waals surface area contributed by atoms with Crippen LogP contribution >= 0.6 is 0 Å². The third-order valence-electron chi connectivity index (χ3n) is 2.54. The van der Waals surface area contributed by atoms with Crippen LogP contribution in [0.15, 0.2) is 24.3 Å². The SMILES string of the molecule is CNC(C)C(C)Oc1ccccc1OC. The van der Waals surface area contributed by atoms with Crippen LogP contribution in [0, 0.1) is 0 Å². The molecule has 3 heteroatoms. The summed E-state index contributed by atoms with van der Waals surface area (Å²) in [5.74, 6) is 1.56. The van der Waals surface area contributed by atoms with Gasteiger partial charge in [-0.15, -0.1) is 0 Å².